The lowest BCUT2D eigenvalue weighted by atomic mass is 9.98. The molecular weight excluding hydrogens is 198 g/mol. The van der Waals surface area contributed by atoms with Gasteiger partial charge in [-0.15, -0.1) is 0 Å². The van der Waals surface area contributed by atoms with Gasteiger partial charge in [0.2, 0.25) is 0 Å². The van der Waals surface area contributed by atoms with E-state index in [1.54, 1.807) is 0 Å². The molecule has 0 fully saturated rings. The highest BCUT2D eigenvalue weighted by molar-refractivity contribution is 6.01. The summed E-state index contributed by atoms with van der Waals surface area (Å²) in [6.45, 7) is 2.76. The fourth-order valence-corrected chi connectivity index (χ4v) is 1.44. The summed E-state index contributed by atoms with van der Waals surface area (Å²) in [4.78, 5) is 31.9. The van der Waals surface area contributed by atoms with Crippen molar-refractivity contribution in [2.24, 2.45) is 0 Å². The molecule has 5 nitrogen and oxygen atoms in total. The van der Waals surface area contributed by atoms with Crippen LogP contribution >= 0.6 is 0 Å². The molecule has 0 atom stereocenters. The van der Waals surface area contributed by atoms with Crippen molar-refractivity contribution in [3.63, 3.8) is 0 Å². The number of rotatable bonds is 3. The van der Waals surface area contributed by atoms with Crippen molar-refractivity contribution in [1.82, 2.24) is 0 Å². The third kappa shape index (κ3) is 1.90. The zero-order chi connectivity index (χ0) is 11.6. The number of ketones is 1. The van der Waals surface area contributed by atoms with E-state index >= 15 is 0 Å². The van der Waals surface area contributed by atoms with Gasteiger partial charge in [0, 0.05) is 11.6 Å². The molecule has 1 rings (SSSR count). The minimum Gasteiger partial charge on any atom is -0.298 e. The molecule has 0 bridgehead atoms. The number of carbonyl (C=O) groups excluding carboxylic acids is 2. The second-order valence-corrected chi connectivity index (χ2v) is 3.11. The monoisotopic (exact) mass is 207 g/mol. The molecule has 0 aliphatic carbocycles. The number of Topliss-reactive ketones (excluding diaryl/α,β-unsaturated/α-hetero) is 1. The lowest BCUT2D eigenvalue weighted by Crippen LogP contribution is -2.05. The average Bonchev–Trinajstić information content (AvgIpc) is 2.16. The van der Waals surface area contributed by atoms with E-state index in [9.17, 15) is 19.7 Å². The van der Waals surface area contributed by atoms with Gasteiger partial charge < -0.3 is 0 Å². The third-order valence-electron chi connectivity index (χ3n) is 2.16. The predicted molar refractivity (Wildman–Crippen MR) is 53.2 cm³/mol. The second kappa shape index (κ2) is 4.00. The van der Waals surface area contributed by atoms with Gasteiger partial charge in [0.1, 0.15) is 6.29 Å². The fraction of sp³-hybridized carbons (Fsp3) is 0.200. The smallest absolute Gasteiger partial charge is 0.280 e. The van der Waals surface area contributed by atoms with Gasteiger partial charge in [-0.25, -0.2) is 0 Å². The van der Waals surface area contributed by atoms with Crippen LogP contribution in [0.25, 0.3) is 0 Å². The number of benzene rings is 1. The zero-order valence-electron chi connectivity index (χ0n) is 8.31. The molecule has 78 valence electrons. The highest BCUT2D eigenvalue weighted by Crippen LogP contribution is 2.24. The van der Waals surface area contributed by atoms with Gasteiger partial charge in [-0.1, -0.05) is 0 Å². The molecule has 0 aliphatic rings. The van der Waals surface area contributed by atoms with E-state index in [4.69, 9.17) is 0 Å². The van der Waals surface area contributed by atoms with Crippen molar-refractivity contribution in [2.75, 3.05) is 0 Å². The Kier molecular flexibility index (Phi) is 2.94. The first kappa shape index (κ1) is 11.0. The van der Waals surface area contributed by atoms with Gasteiger partial charge in [-0.2, -0.15) is 0 Å². The molecule has 0 aromatic heterocycles. The first-order valence-corrected chi connectivity index (χ1v) is 4.23. The molecule has 0 aliphatic heterocycles. The maximum atomic E-state index is 11.2. The molecule has 0 heterocycles. The average molecular weight is 207 g/mol. The van der Waals surface area contributed by atoms with E-state index in [1.165, 1.54) is 26.0 Å². The van der Waals surface area contributed by atoms with Crippen LogP contribution in [-0.2, 0) is 0 Å². The Morgan fingerprint density at radius 2 is 2.07 bits per heavy atom. The lowest BCUT2D eigenvalue weighted by Gasteiger charge is -2.05. The van der Waals surface area contributed by atoms with E-state index in [-0.39, 0.29) is 11.3 Å². The largest absolute Gasteiger partial charge is 0.298 e. The van der Waals surface area contributed by atoms with E-state index in [0.717, 1.165) is 0 Å². The standard InChI is InChI=1S/C10H9NO4/c1-6-8(5-12)3-4-9(11(14)15)10(6)7(2)13/h3-5H,1-2H3. The molecule has 0 saturated carbocycles. The highest BCUT2D eigenvalue weighted by Gasteiger charge is 2.21. The summed E-state index contributed by atoms with van der Waals surface area (Å²) in [5.74, 6) is -0.414. The van der Waals surface area contributed by atoms with Gasteiger partial charge in [-0.05, 0) is 25.5 Å². The third-order valence-corrected chi connectivity index (χ3v) is 2.16. The number of hydrogen-bond donors (Lipinski definition) is 0. The first-order valence-electron chi connectivity index (χ1n) is 4.23. The van der Waals surface area contributed by atoms with Crippen molar-refractivity contribution >= 4 is 17.8 Å². The summed E-state index contributed by atoms with van der Waals surface area (Å²) >= 11 is 0. The summed E-state index contributed by atoms with van der Waals surface area (Å²) < 4.78 is 0. The summed E-state index contributed by atoms with van der Waals surface area (Å²) in [6, 6.07) is 2.51. The summed E-state index contributed by atoms with van der Waals surface area (Å²) in [6.07, 6.45) is 0.575. The fourth-order valence-electron chi connectivity index (χ4n) is 1.44. The Bertz CT molecular complexity index is 451. The minimum atomic E-state index is -0.627. The van der Waals surface area contributed by atoms with Crippen molar-refractivity contribution in [3.8, 4) is 0 Å². The normalized spacial score (nSPS) is 9.73. The van der Waals surface area contributed by atoms with Crippen LogP contribution in [0.5, 0.6) is 0 Å². The van der Waals surface area contributed by atoms with Crippen LogP contribution in [0.1, 0.15) is 33.2 Å². The quantitative estimate of drug-likeness (QED) is 0.328. The molecule has 0 amide bonds. The van der Waals surface area contributed by atoms with Gasteiger partial charge in [0.05, 0.1) is 10.5 Å². The first-order chi connectivity index (χ1) is 6.99. The highest BCUT2D eigenvalue weighted by atomic mass is 16.6. The molecule has 0 spiro atoms. The molecule has 0 radical (unpaired) electrons. The van der Waals surface area contributed by atoms with Crippen LogP contribution in [0.15, 0.2) is 12.1 Å². The summed E-state index contributed by atoms with van der Waals surface area (Å²) in [5, 5.41) is 10.6. The van der Waals surface area contributed by atoms with Gasteiger partial charge in [-0.3, -0.25) is 19.7 Å². The molecule has 0 saturated heterocycles. The molecule has 5 heteroatoms. The number of nitro benzene ring substituents is 1. The maximum Gasteiger partial charge on any atom is 0.280 e. The molecule has 1 aromatic carbocycles. The maximum absolute atomic E-state index is 11.2. The van der Waals surface area contributed by atoms with E-state index < -0.39 is 10.7 Å². The number of hydrogen-bond acceptors (Lipinski definition) is 4. The molecule has 0 unspecified atom stereocenters. The van der Waals surface area contributed by atoms with Crippen molar-refractivity contribution in [3.05, 3.63) is 38.9 Å². The summed E-state index contributed by atoms with van der Waals surface area (Å²) in [7, 11) is 0. The van der Waals surface area contributed by atoms with Crippen LogP contribution in [0.2, 0.25) is 0 Å². The van der Waals surface area contributed by atoms with Gasteiger partial charge in [0.25, 0.3) is 5.69 Å². The van der Waals surface area contributed by atoms with Crippen molar-refractivity contribution < 1.29 is 14.5 Å². The van der Waals surface area contributed by atoms with Crippen molar-refractivity contribution in [2.45, 2.75) is 13.8 Å². The number of nitro groups is 1. The molecule has 0 N–H and O–H groups in total. The van der Waals surface area contributed by atoms with Crippen LogP contribution in [0, 0.1) is 17.0 Å². The van der Waals surface area contributed by atoms with Crippen molar-refractivity contribution in [1.29, 1.82) is 0 Å². The predicted octanol–water partition coefficient (Wildman–Crippen LogP) is 1.92. The molecule has 1 aromatic rings. The Labute approximate surface area is 85.9 Å². The van der Waals surface area contributed by atoms with E-state index in [1.807, 2.05) is 0 Å². The topological polar surface area (TPSA) is 77.3 Å². The van der Waals surface area contributed by atoms with Gasteiger partial charge in [0.15, 0.2) is 5.78 Å². The van der Waals surface area contributed by atoms with Crippen LogP contribution in [0.4, 0.5) is 5.69 Å². The van der Waals surface area contributed by atoms with Crippen LogP contribution < -0.4 is 0 Å². The molecule has 15 heavy (non-hydrogen) atoms. The SMILES string of the molecule is CC(=O)c1c([N+](=O)[O-])ccc(C=O)c1C. The van der Waals surface area contributed by atoms with Crippen LogP contribution in [-0.4, -0.2) is 17.0 Å². The van der Waals surface area contributed by atoms with E-state index in [0.29, 0.717) is 17.4 Å². The Morgan fingerprint density at radius 1 is 1.47 bits per heavy atom. The second-order valence-electron chi connectivity index (χ2n) is 3.11. The number of aldehydes is 1. The summed E-state index contributed by atoms with van der Waals surface area (Å²) in [5.41, 5.74) is 0.396. The van der Waals surface area contributed by atoms with E-state index in [2.05, 4.69) is 0 Å². The minimum absolute atomic E-state index is 0.00426. The zero-order valence-corrected chi connectivity index (χ0v) is 8.31. The van der Waals surface area contributed by atoms with Gasteiger partial charge >= 0.3 is 0 Å². The Balaban J connectivity index is 3.58. The lowest BCUT2D eigenvalue weighted by molar-refractivity contribution is -0.385. The van der Waals surface area contributed by atoms with Crippen LogP contribution in [0.3, 0.4) is 0 Å². The Hall–Kier alpha value is -2.04. The number of nitrogens with zero attached hydrogens (tertiary/aromatic N) is 1. The number of carbonyl (C=O) groups is 2. The molecular formula is C10H9NO4. The Morgan fingerprint density at radius 3 is 2.47 bits per heavy atom.